The number of carbonyl (C=O) groups excluding carboxylic acids is 1. The monoisotopic (exact) mass is 282 g/mol. The zero-order chi connectivity index (χ0) is 14.9. The van der Waals surface area contributed by atoms with Crippen molar-refractivity contribution in [2.75, 3.05) is 0 Å². The largest absolute Gasteiger partial charge is 0.319 e. The van der Waals surface area contributed by atoms with Gasteiger partial charge in [0.05, 0.1) is 6.04 Å². The maximum Gasteiger partial charge on any atom is 0.241 e. The Morgan fingerprint density at radius 3 is 2.70 bits per heavy atom. The molecule has 3 atom stereocenters. The van der Waals surface area contributed by atoms with Crippen LogP contribution in [0.1, 0.15) is 45.3 Å². The first-order chi connectivity index (χ1) is 9.45. The standard InChI is InChI=1S/C15H20F2N2O/c1-4-5-9(2)19-14(18-10(3)15(19)20)12-7-6-11(16)8-13(12)17/h6-10,14,18H,4-5H2,1-3H3. The van der Waals surface area contributed by atoms with E-state index in [1.165, 1.54) is 12.1 Å². The number of halogens is 2. The highest BCUT2D eigenvalue weighted by Crippen LogP contribution is 2.30. The molecule has 1 fully saturated rings. The van der Waals surface area contributed by atoms with E-state index in [9.17, 15) is 13.6 Å². The van der Waals surface area contributed by atoms with Crippen molar-refractivity contribution >= 4 is 5.91 Å². The molecule has 1 saturated heterocycles. The van der Waals surface area contributed by atoms with Crippen molar-refractivity contribution in [3.63, 3.8) is 0 Å². The molecule has 0 aromatic heterocycles. The Morgan fingerprint density at radius 2 is 2.10 bits per heavy atom. The van der Waals surface area contributed by atoms with Gasteiger partial charge < -0.3 is 4.90 Å². The smallest absolute Gasteiger partial charge is 0.241 e. The Bertz CT molecular complexity index is 507. The van der Waals surface area contributed by atoms with Gasteiger partial charge in [-0.1, -0.05) is 13.3 Å². The maximum atomic E-state index is 14.0. The molecule has 0 radical (unpaired) electrons. The van der Waals surface area contributed by atoms with E-state index in [-0.39, 0.29) is 18.0 Å². The number of benzene rings is 1. The lowest BCUT2D eigenvalue weighted by Crippen LogP contribution is -2.38. The molecule has 1 aliphatic heterocycles. The van der Waals surface area contributed by atoms with Gasteiger partial charge in [-0.2, -0.15) is 0 Å². The Balaban J connectivity index is 2.35. The third-order valence-electron chi connectivity index (χ3n) is 3.75. The molecule has 0 bridgehead atoms. The van der Waals surface area contributed by atoms with Crippen LogP contribution in [-0.2, 0) is 4.79 Å². The lowest BCUT2D eigenvalue weighted by molar-refractivity contribution is -0.131. The fourth-order valence-electron chi connectivity index (χ4n) is 2.73. The molecule has 3 nitrogen and oxygen atoms in total. The topological polar surface area (TPSA) is 32.3 Å². The molecule has 1 aliphatic rings. The summed E-state index contributed by atoms with van der Waals surface area (Å²) in [5.41, 5.74) is 0.312. The first kappa shape index (κ1) is 14.9. The normalized spacial score (nSPS) is 24.2. The molecular formula is C15H20F2N2O. The summed E-state index contributed by atoms with van der Waals surface area (Å²) >= 11 is 0. The fourth-order valence-corrected chi connectivity index (χ4v) is 2.73. The Labute approximate surface area is 118 Å². The number of carbonyl (C=O) groups is 1. The van der Waals surface area contributed by atoms with Crippen molar-refractivity contribution in [2.24, 2.45) is 0 Å². The summed E-state index contributed by atoms with van der Waals surface area (Å²) < 4.78 is 27.0. The van der Waals surface area contributed by atoms with Gasteiger partial charge in [0, 0.05) is 17.7 Å². The van der Waals surface area contributed by atoms with E-state index in [2.05, 4.69) is 5.32 Å². The first-order valence-corrected chi connectivity index (χ1v) is 6.98. The molecule has 110 valence electrons. The number of nitrogens with zero attached hydrogens (tertiary/aromatic N) is 1. The fraction of sp³-hybridized carbons (Fsp3) is 0.533. The van der Waals surface area contributed by atoms with E-state index in [4.69, 9.17) is 0 Å². The molecular weight excluding hydrogens is 262 g/mol. The summed E-state index contributed by atoms with van der Waals surface area (Å²) in [6.45, 7) is 5.76. The minimum absolute atomic E-state index is 0.0133. The molecule has 3 unspecified atom stereocenters. The van der Waals surface area contributed by atoms with Crippen LogP contribution in [0.3, 0.4) is 0 Å². The predicted octanol–water partition coefficient (Wildman–Crippen LogP) is 2.97. The van der Waals surface area contributed by atoms with Crippen LogP contribution >= 0.6 is 0 Å². The lowest BCUT2D eigenvalue weighted by atomic mass is 10.1. The van der Waals surface area contributed by atoms with Crippen LogP contribution in [0.25, 0.3) is 0 Å². The summed E-state index contributed by atoms with van der Waals surface area (Å²) in [5.74, 6) is -1.28. The van der Waals surface area contributed by atoms with Crippen molar-refractivity contribution in [1.29, 1.82) is 0 Å². The van der Waals surface area contributed by atoms with Gasteiger partial charge in [-0.15, -0.1) is 0 Å². The average Bonchev–Trinajstić information content (AvgIpc) is 2.66. The second-order valence-corrected chi connectivity index (χ2v) is 5.34. The van der Waals surface area contributed by atoms with Crippen LogP contribution in [0.5, 0.6) is 0 Å². The van der Waals surface area contributed by atoms with Crippen molar-refractivity contribution in [2.45, 2.75) is 51.9 Å². The van der Waals surface area contributed by atoms with Gasteiger partial charge in [0.2, 0.25) is 5.91 Å². The van der Waals surface area contributed by atoms with Crippen LogP contribution in [0.2, 0.25) is 0 Å². The van der Waals surface area contributed by atoms with Crippen molar-refractivity contribution < 1.29 is 13.6 Å². The number of hydrogen-bond acceptors (Lipinski definition) is 2. The molecule has 1 aromatic carbocycles. The number of nitrogens with one attached hydrogen (secondary N) is 1. The molecule has 0 aliphatic carbocycles. The van der Waals surface area contributed by atoms with Gasteiger partial charge >= 0.3 is 0 Å². The van der Waals surface area contributed by atoms with E-state index >= 15 is 0 Å². The molecule has 2 rings (SSSR count). The zero-order valence-electron chi connectivity index (χ0n) is 12.0. The number of amides is 1. The Kier molecular flexibility index (Phi) is 4.38. The zero-order valence-corrected chi connectivity index (χ0v) is 12.0. The van der Waals surface area contributed by atoms with Crippen molar-refractivity contribution in [1.82, 2.24) is 10.2 Å². The van der Waals surface area contributed by atoms with Gasteiger partial charge in [-0.25, -0.2) is 8.78 Å². The van der Waals surface area contributed by atoms with Gasteiger partial charge in [0.1, 0.15) is 17.8 Å². The van der Waals surface area contributed by atoms with E-state index < -0.39 is 17.8 Å². The Morgan fingerprint density at radius 1 is 1.40 bits per heavy atom. The highest BCUT2D eigenvalue weighted by atomic mass is 19.1. The SMILES string of the molecule is CCCC(C)N1C(=O)C(C)NC1c1ccc(F)cc1F. The second-order valence-electron chi connectivity index (χ2n) is 5.34. The minimum atomic E-state index is -0.627. The van der Waals surface area contributed by atoms with Crippen LogP contribution in [0.4, 0.5) is 8.78 Å². The third-order valence-corrected chi connectivity index (χ3v) is 3.75. The average molecular weight is 282 g/mol. The molecule has 5 heteroatoms. The van der Waals surface area contributed by atoms with Gasteiger partial charge in [-0.05, 0) is 32.4 Å². The quantitative estimate of drug-likeness (QED) is 0.921. The van der Waals surface area contributed by atoms with Crippen molar-refractivity contribution in [3.05, 3.63) is 35.4 Å². The highest BCUT2D eigenvalue weighted by molar-refractivity contribution is 5.84. The molecule has 0 spiro atoms. The van der Waals surface area contributed by atoms with Gasteiger partial charge in [-0.3, -0.25) is 10.1 Å². The van der Waals surface area contributed by atoms with Crippen molar-refractivity contribution in [3.8, 4) is 0 Å². The molecule has 1 heterocycles. The van der Waals surface area contributed by atoms with E-state index in [0.717, 1.165) is 18.9 Å². The summed E-state index contributed by atoms with van der Waals surface area (Å²) in [5, 5.41) is 3.08. The number of rotatable bonds is 4. The molecule has 1 amide bonds. The predicted molar refractivity (Wildman–Crippen MR) is 72.9 cm³/mol. The molecule has 1 aromatic rings. The highest BCUT2D eigenvalue weighted by Gasteiger charge is 2.40. The van der Waals surface area contributed by atoms with Crippen LogP contribution in [-0.4, -0.2) is 22.9 Å². The summed E-state index contributed by atoms with van der Waals surface area (Å²) in [4.78, 5) is 13.9. The maximum absolute atomic E-state index is 14.0. The summed E-state index contributed by atoms with van der Waals surface area (Å²) in [6.07, 6.45) is 1.26. The number of hydrogen-bond donors (Lipinski definition) is 1. The van der Waals surface area contributed by atoms with Crippen LogP contribution in [0.15, 0.2) is 18.2 Å². The lowest BCUT2D eigenvalue weighted by Gasteiger charge is -2.30. The summed E-state index contributed by atoms with van der Waals surface area (Å²) in [6, 6.07) is 3.13. The van der Waals surface area contributed by atoms with E-state index in [0.29, 0.717) is 5.56 Å². The third kappa shape index (κ3) is 2.68. The Hall–Kier alpha value is -1.49. The van der Waals surface area contributed by atoms with Gasteiger partial charge in [0.15, 0.2) is 0 Å². The van der Waals surface area contributed by atoms with Crippen LogP contribution < -0.4 is 5.32 Å². The van der Waals surface area contributed by atoms with E-state index in [1.54, 1.807) is 11.8 Å². The van der Waals surface area contributed by atoms with Gasteiger partial charge in [0.25, 0.3) is 0 Å². The van der Waals surface area contributed by atoms with Crippen LogP contribution in [0, 0.1) is 11.6 Å². The molecule has 0 saturated carbocycles. The second kappa shape index (κ2) is 5.87. The molecule has 20 heavy (non-hydrogen) atoms. The molecule has 1 N–H and O–H groups in total. The minimum Gasteiger partial charge on any atom is -0.319 e. The first-order valence-electron chi connectivity index (χ1n) is 6.98. The summed E-state index contributed by atoms with van der Waals surface area (Å²) in [7, 11) is 0. The van der Waals surface area contributed by atoms with E-state index in [1.807, 2.05) is 13.8 Å².